The van der Waals surface area contributed by atoms with Gasteiger partial charge in [0.2, 0.25) is 0 Å². The largest absolute Gasteiger partial charge is 0.416 e. The Hall–Kier alpha value is -2.63. The first-order valence-electron chi connectivity index (χ1n) is 9.17. The molecule has 0 amide bonds. The lowest BCUT2D eigenvalue weighted by molar-refractivity contribution is -0.137. The van der Waals surface area contributed by atoms with E-state index < -0.39 is 11.7 Å². The van der Waals surface area contributed by atoms with E-state index in [9.17, 15) is 18.0 Å². The maximum Gasteiger partial charge on any atom is 0.416 e. The first-order chi connectivity index (χ1) is 13.0. The van der Waals surface area contributed by atoms with E-state index in [0.29, 0.717) is 11.3 Å². The summed E-state index contributed by atoms with van der Waals surface area (Å²) in [4.78, 5) is 16.9. The van der Waals surface area contributed by atoms with Crippen LogP contribution in [0.2, 0.25) is 0 Å². The van der Waals surface area contributed by atoms with E-state index in [1.807, 2.05) is 0 Å². The molecule has 25 heavy (non-hydrogen) atoms. The molecule has 130 valence electrons. The van der Waals surface area contributed by atoms with Crippen molar-refractivity contribution in [2.45, 2.75) is 32.9 Å². The molecular formula is C19H17F3N2O. The number of Topliss-reactive ketones (excluding diaryl/α,β-unsaturated/α-hetero) is 1. The summed E-state index contributed by atoms with van der Waals surface area (Å²) in [6, 6.07) is 4.38. The highest BCUT2D eigenvalue weighted by molar-refractivity contribution is 5.96. The Kier molecular flexibility index (Phi) is 3.46. The number of pyridine rings is 1. The van der Waals surface area contributed by atoms with Crippen molar-refractivity contribution >= 4 is 11.4 Å². The van der Waals surface area contributed by atoms with Crippen LogP contribution < -0.4 is 0 Å². The lowest BCUT2D eigenvalue weighted by atomic mass is 10.0. The quantitative estimate of drug-likeness (QED) is 0.635. The predicted octanol–water partition coefficient (Wildman–Crippen LogP) is 4.79. The molecule has 0 N–H and O–H groups in total. The van der Waals surface area contributed by atoms with Gasteiger partial charge in [0.25, 0.3) is 0 Å². The molecule has 0 radical (unpaired) electrons. The minimum atomic E-state index is -4.41. The van der Waals surface area contributed by atoms with Crippen molar-refractivity contribution in [1.82, 2.24) is 9.38 Å². The van der Waals surface area contributed by atoms with Gasteiger partial charge in [0.1, 0.15) is 11.3 Å². The third kappa shape index (κ3) is 3.57. The number of rotatable bonds is 4. The van der Waals surface area contributed by atoms with Crippen LogP contribution in [0.15, 0.2) is 42.5 Å². The number of aryl methyl sites for hydroxylation is 2. The highest BCUT2D eigenvalue weighted by atomic mass is 19.4. The second-order valence-electron chi connectivity index (χ2n) is 5.81. The van der Waals surface area contributed by atoms with Gasteiger partial charge in [-0.1, -0.05) is 18.2 Å². The molecular weight excluding hydrogens is 329 g/mol. The zero-order chi connectivity index (χ0) is 20.8. The highest BCUT2D eigenvalue weighted by Crippen LogP contribution is 2.29. The zero-order valence-corrected chi connectivity index (χ0v) is 13.7. The monoisotopic (exact) mass is 349 g/mol. The SMILES string of the molecule is [2H]c1c(C)c([2H])n2c(C(=O)CCc3ccc(C(F)(F)F)cc3)c(C)nc2c1[2H]. The minimum absolute atomic E-state index is 0.0223. The second kappa shape index (κ2) is 6.35. The van der Waals surface area contributed by atoms with Gasteiger partial charge in [0.15, 0.2) is 5.78 Å². The number of hydrogen-bond donors (Lipinski definition) is 0. The van der Waals surface area contributed by atoms with E-state index in [0.717, 1.165) is 12.1 Å². The van der Waals surface area contributed by atoms with Crippen LogP contribution in [0.4, 0.5) is 13.2 Å². The Morgan fingerprint density at radius 3 is 2.52 bits per heavy atom. The molecule has 3 rings (SSSR count). The number of nitrogens with zero attached hydrogens (tertiary/aromatic N) is 2. The van der Waals surface area contributed by atoms with Crippen molar-refractivity contribution in [3.8, 4) is 0 Å². The molecule has 0 saturated heterocycles. The topological polar surface area (TPSA) is 34.4 Å². The molecule has 0 fully saturated rings. The first kappa shape index (κ1) is 13.6. The van der Waals surface area contributed by atoms with Crippen molar-refractivity contribution < 1.29 is 22.1 Å². The number of hydrogen-bond acceptors (Lipinski definition) is 2. The van der Waals surface area contributed by atoms with Crippen molar-refractivity contribution in [3.05, 3.63) is 70.6 Å². The molecule has 1 aromatic carbocycles. The lowest BCUT2D eigenvalue weighted by Crippen LogP contribution is -2.08. The van der Waals surface area contributed by atoms with Gasteiger partial charge in [-0.3, -0.25) is 9.20 Å². The number of benzene rings is 1. The van der Waals surface area contributed by atoms with Crippen LogP contribution in [-0.2, 0) is 12.6 Å². The van der Waals surface area contributed by atoms with E-state index in [1.54, 1.807) is 6.92 Å². The third-order valence-electron chi connectivity index (χ3n) is 3.88. The van der Waals surface area contributed by atoms with Crippen LogP contribution in [0.1, 0.15) is 43.4 Å². The van der Waals surface area contributed by atoms with Crippen LogP contribution >= 0.6 is 0 Å². The van der Waals surface area contributed by atoms with E-state index >= 15 is 0 Å². The van der Waals surface area contributed by atoms with E-state index in [4.69, 9.17) is 4.11 Å². The van der Waals surface area contributed by atoms with Crippen molar-refractivity contribution in [2.75, 3.05) is 0 Å². The van der Waals surface area contributed by atoms with Gasteiger partial charge in [-0.05, 0) is 49.6 Å². The Labute approximate surface area is 147 Å². The van der Waals surface area contributed by atoms with Crippen LogP contribution in [-0.4, -0.2) is 15.2 Å². The third-order valence-corrected chi connectivity index (χ3v) is 3.88. The smallest absolute Gasteiger partial charge is 0.297 e. The molecule has 0 unspecified atom stereocenters. The summed E-state index contributed by atoms with van der Waals surface area (Å²) in [6.45, 7) is 3.13. The summed E-state index contributed by atoms with van der Waals surface area (Å²) < 4.78 is 63.3. The van der Waals surface area contributed by atoms with Crippen LogP contribution in [0, 0.1) is 13.8 Å². The number of carbonyl (C=O) groups is 1. The summed E-state index contributed by atoms with van der Waals surface area (Å²) in [5.41, 5.74) is 0.712. The van der Waals surface area contributed by atoms with Gasteiger partial charge in [-0.2, -0.15) is 13.2 Å². The normalized spacial score (nSPS) is 13.6. The molecule has 6 heteroatoms. The number of aromatic nitrogens is 2. The van der Waals surface area contributed by atoms with E-state index in [-0.39, 0.29) is 53.8 Å². The maximum atomic E-state index is 12.8. The Morgan fingerprint density at radius 2 is 1.88 bits per heavy atom. The molecule has 0 aliphatic heterocycles. The Balaban J connectivity index is 1.89. The van der Waals surface area contributed by atoms with Crippen molar-refractivity contribution in [3.63, 3.8) is 0 Å². The van der Waals surface area contributed by atoms with Crippen LogP contribution in [0.25, 0.3) is 5.65 Å². The van der Waals surface area contributed by atoms with Gasteiger partial charge in [-0.25, -0.2) is 4.98 Å². The summed E-state index contributed by atoms with van der Waals surface area (Å²) in [6.07, 6.45) is -4.22. The average molecular weight is 349 g/mol. The van der Waals surface area contributed by atoms with Crippen molar-refractivity contribution in [1.29, 1.82) is 0 Å². The fourth-order valence-electron chi connectivity index (χ4n) is 2.63. The molecule has 3 aromatic rings. The molecule has 0 saturated carbocycles. The zero-order valence-electron chi connectivity index (χ0n) is 16.7. The first-order valence-corrected chi connectivity index (χ1v) is 7.67. The maximum absolute atomic E-state index is 12.8. The molecule has 2 heterocycles. The Bertz CT molecular complexity index is 1070. The predicted molar refractivity (Wildman–Crippen MR) is 88.8 cm³/mol. The number of ketones is 1. The molecule has 0 bridgehead atoms. The molecule has 0 spiro atoms. The number of alkyl halides is 3. The van der Waals surface area contributed by atoms with E-state index in [2.05, 4.69) is 4.98 Å². The summed E-state index contributed by atoms with van der Waals surface area (Å²) in [5.74, 6) is -0.324. The molecule has 3 nitrogen and oxygen atoms in total. The van der Waals surface area contributed by atoms with Gasteiger partial charge < -0.3 is 0 Å². The number of fused-ring (bicyclic) bond motifs is 1. The molecule has 0 aliphatic carbocycles. The van der Waals surface area contributed by atoms with Gasteiger partial charge in [0, 0.05) is 12.6 Å². The van der Waals surface area contributed by atoms with Gasteiger partial charge >= 0.3 is 6.18 Å². The number of halogens is 3. The van der Waals surface area contributed by atoms with Crippen LogP contribution in [0.3, 0.4) is 0 Å². The standard InChI is InChI=1S/C19H17F3N2O/c1-12-3-10-17-23-13(2)18(24(17)11-12)16(25)9-6-14-4-7-15(8-5-14)19(20,21)22/h3-5,7-8,10-11H,6,9H2,1-2H3/i3D,10D,11D. The Morgan fingerprint density at radius 1 is 1.20 bits per heavy atom. The average Bonchev–Trinajstić information content (AvgIpc) is 2.99. The summed E-state index contributed by atoms with van der Waals surface area (Å²) in [7, 11) is 0. The fourth-order valence-corrected chi connectivity index (χ4v) is 2.63. The van der Waals surface area contributed by atoms with Gasteiger partial charge in [-0.15, -0.1) is 0 Å². The number of carbonyl (C=O) groups excluding carboxylic acids is 1. The summed E-state index contributed by atoms with van der Waals surface area (Å²) in [5, 5.41) is 0. The fraction of sp³-hybridized carbons (Fsp3) is 0.263. The number of imidazole rings is 1. The lowest BCUT2D eigenvalue weighted by Gasteiger charge is -2.08. The molecule has 2 aromatic heterocycles. The van der Waals surface area contributed by atoms with Crippen molar-refractivity contribution in [2.24, 2.45) is 0 Å². The summed E-state index contributed by atoms with van der Waals surface area (Å²) >= 11 is 0. The molecule has 0 atom stereocenters. The molecule has 0 aliphatic rings. The van der Waals surface area contributed by atoms with Crippen LogP contribution in [0.5, 0.6) is 0 Å². The highest BCUT2D eigenvalue weighted by Gasteiger charge is 2.29. The van der Waals surface area contributed by atoms with E-state index in [1.165, 1.54) is 23.5 Å². The van der Waals surface area contributed by atoms with Gasteiger partial charge in [0.05, 0.1) is 15.4 Å². The second-order valence-corrected chi connectivity index (χ2v) is 5.81. The minimum Gasteiger partial charge on any atom is -0.297 e.